The van der Waals surface area contributed by atoms with Crippen LogP contribution in [-0.2, 0) is 30.7 Å². The number of hydrogen-bond donors (Lipinski definition) is 1. The Kier molecular flexibility index (Phi) is 7.51. The second-order valence-electron chi connectivity index (χ2n) is 9.02. The van der Waals surface area contributed by atoms with Gasteiger partial charge in [0.05, 0.1) is 17.5 Å². The number of hydrogen-bond acceptors (Lipinski definition) is 8. The van der Waals surface area contributed by atoms with Crippen molar-refractivity contribution in [2.45, 2.75) is 50.7 Å². The van der Waals surface area contributed by atoms with Crippen LogP contribution in [0.4, 0.5) is 10.5 Å². The fourth-order valence-electron chi connectivity index (χ4n) is 3.84. The molecular weight excluding hydrogens is 490 g/mol. The van der Waals surface area contributed by atoms with Crippen molar-refractivity contribution in [3.63, 3.8) is 0 Å². The maximum Gasteiger partial charge on any atom is 0.419 e. The Hall–Kier alpha value is -3.77. The Balaban J connectivity index is 2.08. The molecule has 12 heteroatoms. The highest BCUT2D eigenvalue weighted by Crippen LogP contribution is 2.29. The van der Waals surface area contributed by atoms with Crippen LogP contribution in [0.15, 0.2) is 53.4 Å². The minimum atomic E-state index is -4.50. The number of esters is 1. The van der Waals surface area contributed by atoms with Crippen LogP contribution < -0.4 is 4.72 Å². The molecule has 0 saturated heterocycles. The number of fused-ring (bicyclic) bond motifs is 1. The van der Waals surface area contributed by atoms with Crippen molar-refractivity contribution in [3.8, 4) is 0 Å². The molecule has 0 spiro atoms. The number of benzene rings is 2. The first-order chi connectivity index (χ1) is 16.8. The number of nitro groups is 1. The number of nitro benzene ring substituents is 1. The van der Waals surface area contributed by atoms with Crippen LogP contribution in [0, 0.1) is 17.0 Å². The maximum atomic E-state index is 13.1. The van der Waals surface area contributed by atoms with Crippen molar-refractivity contribution in [3.05, 3.63) is 69.9 Å². The summed E-state index contributed by atoms with van der Waals surface area (Å²) in [5.74, 6) is -0.898. The number of nitrogens with one attached hydrogen (secondary N) is 1. The van der Waals surface area contributed by atoms with Crippen molar-refractivity contribution < 1.29 is 32.4 Å². The third kappa shape index (κ3) is 5.55. The number of ether oxygens (including phenoxy) is 2. The van der Waals surface area contributed by atoms with Gasteiger partial charge >= 0.3 is 12.1 Å². The molecular formula is C24H27N3O8S. The zero-order valence-electron chi connectivity index (χ0n) is 20.5. The van der Waals surface area contributed by atoms with Gasteiger partial charge in [-0.05, 0) is 45.4 Å². The van der Waals surface area contributed by atoms with E-state index in [4.69, 9.17) is 9.47 Å². The second kappa shape index (κ2) is 10.1. The number of aromatic nitrogens is 1. The molecule has 2 aromatic carbocycles. The highest BCUT2D eigenvalue weighted by atomic mass is 32.2. The predicted molar refractivity (Wildman–Crippen MR) is 131 cm³/mol. The van der Waals surface area contributed by atoms with Crippen molar-refractivity contribution in [2.24, 2.45) is 0 Å². The normalized spacial score (nSPS) is 12.8. The quantitative estimate of drug-likeness (QED) is 0.283. The lowest BCUT2D eigenvalue weighted by Crippen LogP contribution is -2.43. The van der Waals surface area contributed by atoms with E-state index in [1.54, 1.807) is 52.0 Å². The van der Waals surface area contributed by atoms with E-state index >= 15 is 0 Å². The lowest BCUT2D eigenvalue weighted by Gasteiger charge is -2.21. The summed E-state index contributed by atoms with van der Waals surface area (Å²) in [4.78, 5) is 35.6. The standard InChI is InChI=1S/C24H27N3O8S/c1-15-17(16-10-6-7-11-19(16)26(15)23(29)35-24(2,3)4)14-18(22(28)34-5)25-36(32,33)21-13-9-8-12-20(21)27(30)31/h6-13,18,25H,14H2,1-5H3/t18-/m0/s1. The van der Waals surface area contributed by atoms with Gasteiger partial charge in [-0.2, -0.15) is 4.72 Å². The van der Waals surface area contributed by atoms with Gasteiger partial charge in [0.15, 0.2) is 4.90 Å². The molecule has 0 radical (unpaired) electrons. The van der Waals surface area contributed by atoms with Crippen LogP contribution in [0.1, 0.15) is 32.0 Å². The van der Waals surface area contributed by atoms with E-state index < -0.39 is 49.2 Å². The molecule has 0 aliphatic heterocycles. The van der Waals surface area contributed by atoms with Crippen molar-refractivity contribution in [2.75, 3.05) is 7.11 Å². The van der Waals surface area contributed by atoms with Gasteiger partial charge in [-0.3, -0.25) is 14.9 Å². The smallest absolute Gasteiger partial charge is 0.419 e. The van der Waals surface area contributed by atoms with E-state index in [-0.39, 0.29) is 6.42 Å². The molecule has 3 rings (SSSR count). The first-order valence-electron chi connectivity index (χ1n) is 10.9. The van der Waals surface area contributed by atoms with Crippen molar-refractivity contribution in [1.82, 2.24) is 9.29 Å². The van der Waals surface area contributed by atoms with Gasteiger partial charge in [0, 0.05) is 23.6 Å². The van der Waals surface area contributed by atoms with Gasteiger partial charge in [-0.25, -0.2) is 17.8 Å². The molecule has 0 aliphatic rings. The highest BCUT2D eigenvalue weighted by Gasteiger charge is 2.33. The monoisotopic (exact) mass is 517 g/mol. The molecule has 36 heavy (non-hydrogen) atoms. The SMILES string of the molecule is COC(=O)[C@H](Cc1c(C)n(C(=O)OC(C)(C)C)c2ccccc12)NS(=O)(=O)c1ccccc1[N+](=O)[O-]. The molecule has 0 aliphatic carbocycles. The molecule has 0 saturated carbocycles. The molecule has 1 aromatic heterocycles. The average molecular weight is 518 g/mol. The Morgan fingerprint density at radius 3 is 2.33 bits per heavy atom. The summed E-state index contributed by atoms with van der Waals surface area (Å²) in [5, 5.41) is 12.0. The third-order valence-corrected chi connectivity index (χ3v) is 6.88. The lowest BCUT2D eigenvalue weighted by atomic mass is 10.0. The van der Waals surface area contributed by atoms with Gasteiger partial charge in [0.1, 0.15) is 11.6 Å². The highest BCUT2D eigenvalue weighted by molar-refractivity contribution is 7.89. The molecule has 0 amide bonds. The number of carbonyl (C=O) groups excluding carboxylic acids is 2. The number of methoxy groups -OCH3 is 1. The number of carbonyl (C=O) groups is 2. The van der Waals surface area contributed by atoms with Crippen LogP contribution in [0.5, 0.6) is 0 Å². The Morgan fingerprint density at radius 1 is 1.11 bits per heavy atom. The summed E-state index contributed by atoms with van der Waals surface area (Å²) < 4.78 is 40.1. The fraction of sp³-hybridized carbons (Fsp3) is 0.333. The minimum Gasteiger partial charge on any atom is -0.468 e. The third-order valence-electron chi connectivity index (χ3n) is 5.36. The number of para-hydroxylation sites is 2. The van der Waals surface area contributed by atoms with Gasteiger partial charge in [-0.15, -0.1) is 0 Å². The van der Waals surface area contributed by atoms with Crippen molar-refractivity contribution in [1.29, 1.82) is 0 Å². The topological polar surface area (TPSA) is 147 Å². The van der Waals surface area contributed by atoms with E-state index in [1.807, 2.05) is 0 Å². The van der Waals surface area contributed by atoms with E-state index in [2.05, 4.69) is 4.72 Å². The Bertz CT molecular complexity index is 1440. The number of rotatable bonds is 7. The van der Waals surface area contributed by atoms with Crippen molar-refractivity contribution >= 4 is 38.7 Å². The summed E-state index contributed by atoms with van der Waals surface area (Å²) >= 11 is 0. The largest absolute Gasteiger partial charge is 0.468 e. The van der Waals surface area contributed by atoms with E-state index in [0.29, 0.717) is 22.2 Å². The van der Waals surface area contributed by atoms with E-state index in [9.17, 15) is 28.1 Å². The summed E-state index contributed by atoms with van der Waals surface area (Å²) in [6, 6.07) is 10.3. The average Bonchev–Trinajstić information content (AvgIpc) is 3.08. The summed E-state index contributed by atoms with van der Waals surface area (Å²) in [6.45, 7) is 6.86. The van der Waals surface area contributed by atoms with Crippen LogP contribution in [0.25, 0.3) is 10.9 Å². The van der Waals surface area contributed by atoms with Crippen LogP contribution in [0.2, 0.25) is 0 Å². The van der Waals surface area contributed by atoms with Gasteiger partial charge in [0.25, 0.3) is 5.69 Å². The van der Waals surface area contributed by atoms with Gasteiger partial charge in [-0.1, -0.05) is 30.3 Å². The van der Waals surface area contributed by atoms with E-state index in [1.165, 1.54) is 16.7 Å². The zero-order chi connectivity index (χ0) is 26.8. The summed E-state index contributed by atoms with van der Waals surface area (Å²) in [7, 11) is -3.40. The summed E-state index contributed by atoms with van der Waals surface area (Å²) in [5.41, 5.74) is 0.0843. The zero-order valence-corrected chi connectivity index (χ0v) is 21.3. The van der Waals surface area contributed by atoms with Crippen LogP contribution in [0.3, 0.4) is 0 Å². The molecule has 3 aromatic rings. The summed E-state index contributed by atoms with van der Waals surface area (Å²) in [6.07, 6.45) is -0.813. The van der Waals surface area contributed by atoms with Crippen LogP contribution >= 0.6 is 0 Å². The fourth-order valence-corrected chi connectivity index (χ4v) is 5.20. The number of nitrogens with zero attached hydrogens (tertiary/aromatic N) is 2. The number of sulfonamides is 1. The first-order valence-corrected chi connectivity index (χ1v) is 12.4. The van der Waals surface area contributed by atoms with Gasteiger partial charge < -0.3 is 9.47 Å². The molecule has 1 N–H and O–H groups in total. The molecule has 0 bridgehead atoms. The maximum absolute atomic E-state index is 13.1. The van der Waals surface area contributed by atoms with E-state index in [0.717, 1.165) is 19.2 Å². The molecule has 1 heterocycles. The Morgan fingerprint density at radius 2 is 1.72 bits per heavy atom. The molecule has 1 atom stereocenters. The predicted octanol–water partition coefficient (Wildman–Crippen LogP) is 3.70. The molecule has 0 fully saturated rings. The van der Waals surface area contributed by atoms with Gasteiger partial charge in [0.2, 0.25) is 10.0 Å². The molecule has 0 unspecified atom stereocenters. The first kappa shape index (κ1) is 26.8. The molecule has 11 nitrogen and oxygen atoms in total. The second-order valence-corrected chi connectivity index (χ2v) is 10.7. The Labute approximate surface area is 208 Å². The minimum absolute atomic E-state index is 0.186. The van der Waals surface area contributed by atoms with Crippen LogP contribution in [-0.4, -0.2) is 48.7 Å². The lowest BCUT2D eigenvalue weighted by molar-refractivity contribution is -0.387. The molecule has 192 valence electrons.